The molecule has 1 aromatic heterocycles. The fourth-order valence-electron chi connectivity index (χ4n) is 3.08. The summed E-state index contributed by atoms with van der Waals surface area (Å²) in [7, 11) is 0. The number of nitrogens with zero attached hydrogens (tertiary/aromatic N) is 3. The van der Waals surface area contributed by atoms with Gasteiger partial charge in [0, 0.05) is 23.6 Å². The molecule has 0 radical (unpaired) electrons. The summed E-state index contributed by atoms with van der Waals surface area (Å²) >= 11 is 2.22. The lowest BCUT2D eigenvalue weighted by Crippen LogP contribution is -2.71. The fraction of sp³-hybridized carbons (Fsp3) is 0.421. The Morgan fingerprint density at radius 2 is 2.09 bits per heavy atom. The number of thiazole rings is 1. The van der Waals surface area contributed by atoms with Crippen LogP contribution in [-0.2, 0) is 33.5 Å². The average Bonchev–Trinajstić information content (AvgIpc) is 3.23. The molecule has 16 heteroatoms. The van der Waals surface area contributed by atoms with Crippen molar-refractivity contribution in [2.75, 3.05) is 24.7 Å². The number of anilines is 1. The minimum absolute atomic E-state index is 0.0580. The molecule has 0 spiro atoms. The third-order valence-corrected chi connectivity index (χ3v) is 6.88. The number of carbonyl (C=O) groups excluding carboxylic acids is 3. The molecule has 1 fully saturated rings. The van der Waals surface area contributed by atoms with Crippen LogP contribution in [0.2, 0.25) is 0 Å². The summed E-state index contributed by atoms with van der Waals surface area (Å²) in [6, 6.07) is -1.07. The fourth-order valence-corrected chi connectivity index (χ4v) is 4.95. The van der Waals surface area contributed by atoms with Gasteiger partial charge in [-0.15, -0.1) is 23.1 Å². The van der Waals surface area contributed by atoms with Gasteiger partial charge in [-0.05, 0) is 6.92 Å². The van der Waals surface area contributed by atoms with Gasteiger partial charge in [0.2, 0.25) is 0 Å². The monoisotopic (exact) mass is 527 g/mol. The molecular weight excluding hydrogens is 506 g/mol. The molecule has 0 bridgehead atoms. The highest BCUT2D eigenvalue weighted by Crippen LogP contribution is 2.40. The van der Waals surface area contributed by atoms with E-state index in [-0.39, 0.29) is 46.8 Å². The van der Waals surface area contributed by atoms with Crippen LogP contribution in [0.4, 0.5) is 5.13 Å². The molecule has 0 saturated carbocycles. The summed E-state index contributed by atoms with van der Waals surface area (Å²) in [6.45, 7) is 1.98. The van der Waals surface area contributed by atoms with Gasteiger partial charge in [0.05, 0.1) is 5.92 Å². The van der Waals surface area contributed by atoms with Gasteiger partial charge in [-0.2, -0.15) is 0 Å². The molecule has 1 saturated heterocycles. The number of carbonyl (C=O) groups is 5. The van der Waals surface area contributed by atoms with Crippen LogP contribution in [0.25, 0.3) is 0 Å². The number of thioether (sulfide) groups is 1. The summed E-state index contributed by atoms with van der Waals surface area (Å²) in [5.41, 5.74) is 5.32. The Labute approximate surface area is 206 Å². The number of oxime groups is 1. The van der Waals surface area contributed by atoms with Crippen LogP contribution >= 0.6 is 23.1 Å². The molecular formula is C19H21N5O9S2. The number of ether oxygens (including phenoxy) is 1. The van der Waals surface area contributed by atoms with Crippen molar-refractivity contribution < 1.29 is 43.8 Å². The molecule has 3 atom stereocenters. The largest absolute Gasteiger partial charge is 0.481 e. The highest BCUT2D eigenvalue weighted by molar-refractivity contribution is 8.00. The number of hydrogen-bond donors (Lipinski definition) is 4. The topological polar surface area (TPSA) is 211 Å². The number of nitrogen functional groups attached to an aromatic ring is 1. The molecule has 3 rings (SSSR count). The van der Waals surface area contributed by atoms with Gasteiger partial charge in [-0.1, -0.05) is 5.16 Å². The maximum absolute atomic E-state index is 13.0. The van der Waals surface area contributed by atoms with Crippen molar-refractivity contribution in [2.45, 2.75) is 25.3 Å². The average molecular weight is 528 g/mol. The molecule has 5 N–H and O–H groups in total. The standard InChI is InChI=1S/C19H21N5O9S2/c1-7(17(28)29)3-33-23-11(10-6-35-19(20)21-10)14(26)22-12-15(27)24-13(18(30)31)9(4-32-8(2)25)5-34-16(12)24/h6-7,12,16H,3-5H2,1-2H3,(H2,20,21)(H,22,26)(H,28,29)(H,30,31)/b23-11-/t7?,12?,16-/m0/s1. The molecule has 0 aromatic carbocycles. The van der Waals surface area contributed by atoms with Crippen molar-refractivity contribution in [1.82, 2.24) is 15.2 Å². The Hall–Kier alpha value is -3.66. The number of nitrogens with two attached hydrogens (primary N) is 1. The summed E-state index contributed by atoms with van der Waals surface area (Å²) in [6.07, 6.45) is 0. The van der Waals surface area contributed by atoms with E-state index in [0.717, 1.165) is 16.2 Å². The van der Waals surface area contributed by atoms with Gasteiger partial charge in [-0.3, -0.25) is 24.1 Å². The number of aliphatic carboxylic acids is 2. The van der Waals surface area contributed by atoms with Gasteiger partial charge in [0.1, 0.15) is 36.0 Å². The minimum atomic E-state index is -1.36. The number of carboxylic acid groups (broad SMARTS) is 2. The molecule has 35 heavy (non-hydrogen) atoms. The maximum Gasteiger partial charge on any atom is 0.352 e. The number of esters is 1. The number of fused-ring (bicyclic) bond motifs is 1. The number of nitrogens with one attached hydrogen (secondary N) is 1. The van der Waals surface area contributed by atoms with E-state index in [1.807, 2.05) is 0 Å². The minimum Gasteiger partial charge on any atom is -0.481 e. The van der Waals surface area contributed by atoms with Gasteiger partial charge < -0.3 is 30.8 Å². The van der Waals surface area contributed by atoms with Crippen LogP contribution in [0, 0.1) is 5.92 Å². The van der Waals surface area contributed by atoms with Crippen molar-refractivity contribution in [1.29, 1.82) is 0 Å². The van der Waals surface area contributed by atoms with Crippen LogP contribution in [0.3, 0.4) is 0 Å². The van der Waals surface area contributed by atoms with E-state index in [4.69, 9.17) is 20.4 Å². The zero-order chi connectivity index (χ0) is 25.9. The van der Waals surface area contributed by atoms with Crippen LogP contribution in [0.1, 0.15) is 19.5 Å². The maximum atomic E-state index is 13.0. The lowest BCUT2D eigenvalue weighted by atomic mass is 10.0. The summed E-state index contributed by atoms with van der Waals surface area (Å²) in [5, 5.41) is 25.7. The molecule has 2 aliphatic rings. The smallest absolute Gasteiger partial charge is 0.352 e. The van der Waals surface area contributed by atoms with E-state index in [9.17, 15) is 29.1 Å². The summed E-state index contributed by atoms with van der Waals surface area (Å²) in [4.78, 5) is 69.7. The summed E-state index contributed by atoms with van der Waals surface area (Å²) in [5.74, 6) is -5.33. The first-order chi connectivity index (χ1) is 16.5. The Bertz CT molecular complexity index is 1130. The van der Waals surface area contributed by atoms with Crippen molar-refractivity contribution in [3.05, 3.63) is 22.3 Å². The van der Waals surface area contributed by atoms with E-state index in [1.54, 1.807) is 0 Å². The van der Waals surface area contributed by atoms with Crippen molar-refractivity contribution in [2.24, 2.45) is 11.1 Å². The SMILES string of the molecule is CC(=O)OCC1=C(C(=O)O)N2C(=O)C(NC(=O)/C(=N\OCC(C)C(=O)O)c3csc(N)n3)[C@@H]2SC1. The number of aromatic nitrogens is 1. The third-order valence-electron chi connectivity index (χ3n) is 4.87. The van der Waals surface area contributed by atoms with Gasteiger partial charge in [0.15, 0.2) is 10.8 Å². The van der Waals surface area contributed by atoms with Gasteiger partial charge >= 0.3 is 17.9 Å². The Morgan fingerprint density at radius 3 is 2.66 bits per heavy atom. The molecule has 1 aromatic rings. The highest BCUT2D eigenvalue weighted by atomic mass is 32.2. The van der Waals surface area contributed by atoms with Crippen LogP contribution < -0.4 is 11.1 Å². The zero-order valence-corrected chi connectivity index (χ0v) is 20.1. The van der Waals surface area contributed by atoms with E-state index >= 15 is 0 Å². The number of rotatable bonds is 10. The van der Waals surface area contributed by atoms with Crippen molar-refractivity contribution >= 4 is 63.7 Å². The van der Waals surface area contributed by atoms with Crippen LogP contribution in [0.5, 0.6) is 0 Å². The van der Waals surface area contributed by atoms with Crippen LogP contribution in [0.15, 0.2) is 21.8 Å². The zero-order valence-electron chi connectivity index (χ0n) is 18.4. The second-order valence-electron chi connectivity index (χ2n) is 7.44. The van der Waals surface area contributed by atoms with E-state index in [0.29, 0.717) is 0 Å². The summed E-state index contributed by atoms with van der Waals surface area (Å²) < 4.78 is 4.88. The molecule has 188 valence electrons. The molecule has 2 amide bonds. The lowest BCUT2D eigenvalue weighted by Gasteiger charge is -2.49. The Balaban J connectivity index is 1.77. The quantitative estimate of drug-likeness (QED) is 0.131. The normalized spacial score (nSPS) is 20.5. The number of carboxylic acids is 2. The molecule has 2 aliphatic heterocycles. The van der Waals surface area contributed by atoms with Crippen molar-refractivity contribution in [3.8, 4) is 0 Å². The van der Waals surface area contributed by atoms with E-state index in [2.05, 4.69) is 15.5 Å². The molecule has 2 unspecified atom stereocenters. The predicted molar refractivity (Wildman–Crippen MR) is 122 cm³/mol. The van der Waals surface area contributed by atoms with Gasteiger partial charge in [0.25, 0.3) is 11.8 Å². The first-order valence-electron chi connectivity index (χ1n) is 9.99. The highest BCUT2D eigenvalue weighted by Gasteiger charge is 2.54. The van der Waals surface area contributed by atoms with E-state index in [1.165, 1.54) is 31.0 Å². The van der Waals surface area contributed by atoms with E-state index < -0.39 is 47.1 Å². The molecule has 0 aliphatic carbocycles. The second-order valence-corrected chi connectivity index (χ2v) is 9.44. The lowest BCUT2D eigenvalue weighted by molar-refractivity contribution is -0.150. The van der Waals surface area contributed by atoms with Gasteiger partial charge in [-0.25, -0.2) is 9.78 Å². The predicted octanol–water partition coefficient (Wildman–Crippen LogP) is -0.532. The number of amides is 2. The molecule has 3 heterocycles. The first-order valence-corrected chi connectivity index (χ1v) is 11.9. The van der Waals surface area contributed by atoms with Crippen molar-refractivity contribution in [3.63, 3.8) is 0 Å². The number of β-lactam (4-membered cyclic amide) rings is 1. The Morgan fingerprint density at radius 1 is 1.37 bits per heavy atom. The first kappa shape index (κ1) is 26.0. The second kappa shape index (κ2) is 10.7. The Kier molecular flexibility index (Phi) is 7.96. The third kappa shape index (κ3) is 5.71. The molecule has 14 nitrogen and oxygen atoms in total. The van der Waals surface area contributed by atoms with Crippen LogP contribution in [-0.4, -0.2) is 85.9 Å². The number of hydrogen-bond acceptors (Lipinski definition) is 12.